The zero-order chi connectivity index (χ0) is 17.1. The lowest BCUT2D eigenvalue weighted by atomic mass is 9.98. The molecule has 0 aromatic heterocycles. The molecule has 1 heterocycles. The molecule has 5 heteroatoms. The number of likely N-dealkylation sites (N-methyl/N-ethyl adjacent to an activating group) is 1. The second-order valence-electron chi connectivity index (χ2n) is 6.34. The van der Waals surface area contributed by atoms with Gasteiger partial charge in [0.15, 0.2) is 0 Å². The summed E-state index contributed by atoms with van der Waals surface area (Å²) < 4.78 is 6.00. The molecule has 0 fully saturated rings. The average molecular weight is 328 g/mol. The second kappa shape index (κ2) is 7.09. The van der Waals surface area contributed by atoms with Crippen LogP contribution in [-0.2, 0) is 0 Å². The molecule has 1 aliphatic heterocycles. The maximum absolute atomic E-state index is 12.5. The summed E-state index contributed by atoms with van der Waals surface area (Å²) in [5.41, 5.74) is 1.02. The van der Waals surface area contributed by atoms with Crippen LogP contribution in [0.15, 0.2) is 36.4 Å². The van der Waals surface area contributed by atoms with Crippen molar-refractivity contribution in [3.8, 4) is 5.75 Å². The Balaban J connectivity index is 1.91. The van der Waals surface area contributed by atoms with E-state index in [0.717, 1.165) is 34.9 Å². The van der Waals surface area contributed by atoms with Crippen molar-refractivity contribution in [2.75, 3.05) is 20.3 Å². The number of hydrogen-bond donors (Lipinski definition) is 2. The van der Waals surface area contributed by atoms with Crippen molar-refractivity contribution in [2.24, 2.45) is 0 Å². The van der Waals surface area contributed by atoms with Crippen LogP contribution < -0.4 is 10.1 Å². The van der Waals surface area contributed by atoms with E-state index in [2.05, 4.69) is 23.5 Å². The van der Waals surface area contributed by atoms with Gasteiger partial charge >= 0.3 is 6.03 Å². The Kier molecular flexibility index (Phi) is 4.90. The van der Waals surface area contributed by atoms with Gasteiger partial charge in [0, 0.05) is 18.0 Å². The number of amides is 2. The van der Waals surface area contributed by atoms with Crippen LogP contribution in [0.5, 0.6) is 5.75 Å². The average Bonchev–Trinajstić information content (AvgIpc) is 2.82. The summed E-state index contributed by atoms with van der Waals surface area (Å²) in [5.74, 6) is 0.869. The summed E-state index contributed by atoms with van der Waals surface area (Å²) in [7, 11) is 1.70. The lowest BCUT2D eigenvalue weighted by molar-refractivity contribution is 0.154. The number of carbonyl (C=O) groups excluding carboxylic acids is 1. The quantitative estimate of drug-likeness (QED) is 0.910. The highest BCUT2D eigenvalue weighted by Gasteiger charge is 2.25. The fourth-order valence-corrected chi connectivity index (χ4v) is 3.04. The summed E-state index contributed by atoms with van der Waals surface area (Å²) in [6.45, 7) is 2.41. The zero-order valence-corrected chi connectivity index (χ0v) is 14.2. The van der Waals surface area contributed by atoms with Gasteiger partial charge in [-0.05, 0) is 25.2 Å². The van der Waals surface area contributed by atoms with E-state index in [1.807, 2.05) is 25.1 Å². The van der Waals surface area contributed by atoms with Crippen LogP contribution in [0.25, 0.3) is 10.8 Å². The Hall–Kier alpha value is -2.27. The molecule has 0 aliphatic carbocycles. The number of ether oxygens (including phenoxy) is 1. The SMILES string of the molecule is CC(CO)N(C)C(=O)NC1CCCOc2c1ccc1ccccc21. The summed E-state index contributed by atoms with van der Waals surface area (Å²) in [6.07, 6.45) is 1.71. The lowest BCUT2D eigenvalue weighted by Crippen LogP contribution is -2.45. The van der Waals surface area contributed by atoms with E-state index >= 15 is 0 Å². The minimum atomic E-state index is -0.219. The number of benzene rings is 2. The summed E-state index contributed by atoms with van der Waals surface area (Å²) in [4.78, 5) is 14.0. The van der Waals surface area contributed by atoms with Crippen LogP contribution in [0, 0.1) is 0 Å². The molecule has 2 aromatic rings. The number of nitrogens with one attached hydrogen (secondary N) is 1. The molecule has 0 bridgehead atoms. The predicted molar refractivity (Wildman–Crippen MR) is 94.3 cm³/mol. The standard InChI is InChI=1S/C19H24N2O3/c1-13(12-22)21(2)19(23)20-17-8-5-11-24-18-15-7-4-3-6-14(15)9-10-16(17)18/h3-4,6-7,9-10,13,17,22H,5,8,11-12H2,1-2H3,(H,20,23). The lowest BCUT2D eigenvalue weighted by Gasteiger charge is -2.27. The first-order valence-corrected chi connectivity index (χ1v) is 8.40. The molecule has 0 spiro atoms. The van der Waals surface area contributed by atoms with Gasteiger partial charge in [-0.1, -0.05) is 36.4 Å². The van der Waals surface area contributed by atoms with E-state index in [1.54, 1.807) is 7.05 Å². The van der Waals surface area contributed by atoms with Gasteiger partial charge in [0.25, 0.3) is 0 Å². The Morgan fingerprint density at radius 2 is 2.17 bits per heavy atom. The van der Waals surface area contributed by atoms with Crippen LogP contribution in [0.1, 0.15) is 31.4 Å². The fourth-order valence-electron chi connectivity index (χ4n) is 3.04. The molecule has 0 saturated carbocycles. The fraction of sp³-hybridized carbons (Fsp3) is 0.421. The summed E-state index contributed by atoms with van der Waals surface area (Å²) in [5, 5.41) is 14.5. The molecule has 2 atom stereocenters. The predicted octanol–water partition coefficient (Wildman–Crippen LogP) is 3.08. The second-order valence-corrected chi connectivity index (χ2v) is 6.34. The number of urea groups is 1. The topological polar surface area (TPSA) is 61.8 Å². The highest BCUT2D eigenvalue weighted by atomic mass is 16.5. The number of fused-ring (bicyclic) bond motifs is 3. The Bertz CT molecular complexity index is 732. The van der Waals surface area contributed by atoms with E-state index < -0.39 is 0 Å². The van der Waals surface area contributed by atoms with Crippen molar-refractivity contribution in [3.63, 3.8) is 0 Å². The Labute approximate surface area is 142 Å². The number of aliphatic hydroxyl groups is 1. The third kappa shape index (κ3) is 3.17. The summed E-state index contributed by atoms with van der Waals surface area (Å²) >= 11 is 0. The third-order valence-corrected chi connectivity index (χ3v) is 4.71. The molecule has 2 N–H and O–H groups in total. The van der Waals surface area contributed by atoms with Gasteiger partial charge in [-0.3, -0.25) is 0 Å². The third-order valence-electron chi connectivity index (χ3n) is 4.71. The molecular formula is C19H24N2O3. The maximum atomic E-state index is 12.5. The van der Waals surface area contributed by atoms with Gasteiger partial charge in [-0.25, -0.2) is 4.79 Å². The highest BCUT2D eigenvalue weighted by Crippen LogP contribution is 2.37. The molecule has 5 nitrogen and oxygen atoms in total. The van der Waals surface area contributed by atoms with Crippen molar-refractivity contribution in [1.82, 2.24) is 10.2 Å². The molecule has 24 heavy (non-hydrogen) atoms. The van der Waals surface area contributed by atoms with E-state index in [9.17, 15) is 9.90 Å². The summed E-state index contributed by atoms with van der Waals surface area (Å²) in [6, 6.07) is 11.8. The zero-order valence-electron chi connectivity index (χ0n) is 14.2. The van der Waals surface area contributed by atoms with Gasteiger partial charge in [0.2, 0.25) is 0 Å². The van der Waals surface area contributed by atoms with Crippen molar-refractivity contribution in [2.45, 2.75) is 31.8 Å². The minimum Gasteiger partial charge on any atom is -0.493 e. The molecule has 0 saturated heterocycles. The molecule has 3 rings (SSSR count). The van der Waals surface area contributed by atoms with Crippen molar-refractivity contribution >= 4 is 16.8 Å². The molecule has 0 radical (unpaired) electrons. The number of nitrogens with zero attached hydrogens (tertiary/aromatic N) is 1. The van der Waals surface area contributed by atoms with Crippen molar-refractivity contribution < 1.29 is 14.6 Å². The van der Waals surface area contributed by atoms with Crippen molar-refractivity contribution in [1.29, 1.82) is 0 Å². The first-order valence-electron chi connectivity index (χ1n) is 8.40. The number of hydrogen-bond acceptors (Lipinski definition) is 3. The Morgan fingerprint density at radius 3 is 2.96 bits per heavy atom. The van der Waals surface area contributed by atoms with Crippen LogP contribution in [-0.4, -0.2) is 42.3 Å². The normalized spacial score (nSPS) is 18.2. The van der Waals surface area contributed by atoms with Gasteiger partial charge in [-0.2, -0.15) is 0 Å². The van der Waals surface area contributed by atoms with E-state index in [-0.39, 0.29) is 24.7 Å². The number of carbonyl (C=O) groups is 1. The Morgan fingerprint density at radius 1 is 1.38 bits per heavy atom. The van der Waals surface area contributed by atoms with E-state index in [0.29, 0.717) is 6.61 Å². The van der Waals surface area contributed by atoms with Gasteiger partial charge in [0.1, 0.15) is 5.75 Å². The van der Waals surface area contributed by atoms with E-state index in [4.69, 9.17) is 4.74 Å². The van der Waals surface area contributed by atoms with Crippen LogP contribution in [0.2, 0.25) is 0 Å². The van der Waals surface area contributed by atoms with Crippen molar-refractivity contribution in [3.05, 3.63) is 42.0 Å². The van der Waals surface area contributed by atoms with Gasteiger partial charge in [0.05, 0.1) is 25.3 Å². The minimum absolute atomic E-state index is 0.0566. The first kappa shape index (κ1) is 16.6. The number of rotatable bonds is 3. The van der Waals surface area contributed by atoms with E-state index in [1.165, 1.54) is 4.90 Å². The van der Waals surface area contributed by atoms with Gasteiger partial charge in [-0.15, -0.1) is 0 Å². The number of aliphatic hydroxyl groups excluding tert-OH is 1. The molecule has 128 valence electrons. The van der Waals surface area contributed by atoms with Crippen LogP contribution in [0.3, 0.4) is 0 Å². The van der Waals surface area contributed by atoms with Crippen LogP contribution >= 0.6 is 0 Å². The first-order chi connectivity index (χ1) is 11.6. The molecular weight excluding hydrogens is 304 g/mol. The highest BCUT2D eigenvalue weighted by molar-refractivity contribution is 5.90. The van der Waals surface area contributed by atoms with Crippen LogP contribution in [0.4, 0.5) is 4.79 Å². The molecule has 2 unspecified atom stereocenters. The molecule has 2 aromatic carbocycles. The molecule has 2 amide bonds. The maximum Gasteiger partial charge on any atom is 0.317 e. The van der Waals surface area contributed by atoms with Gasteiger partial charge < -0.3 is 20.1 Å². The smallest absolute Gasteiger partial charge is 0.317 e. The largest absolute Gasteiger partial charge is 0.493 e. The monoisotopic (exact) mass is 328 g/mol. The molecule has 1 aliphatic rings.